The minimum absolute atomic E-state index is 0. The Hall–Kier alpha value is -7.90. The Kier molecular flexibility index (Phi) is 12.0. The Morgan fingerprint density at radius 2 is 1.23 bits per heavy atom. The monoisotopic (exact) mass is 1220 g/mol. The van der Waals surface area contributed by atoms with Crippen molar-refractivity contribution in [1.29, 1.82) is 0 Å². The van der Waals surface area contributed by atoms with Gasteiger partial charge in [-0.1, -0.05) is 150 Å². The van der Waals surface area contributed by atoms with E-state index in [2.05, 4.69) is 140 Å². The van der Waals surface area contributed by atoms with Gasteiger partial charge in [0.05, 0.1) is 6.07 Å². The molecule has 0 saturated heterocycles. The fraction of sp³-hybridized carbons (Fsp3) is 0.130. The van der Waals surface area contributed by atoms with Gasteiger partial charge in [-0.05, 0) is 105 Å². The zero-order valence-electron chi connectivity index (χ0n) is 46.7. The van der Waals surface area contributed by atoms with Crippen LogP contribution < -0.4 is 14.5 Å². The number of nitrogens with zero attached hydrogens (tertiary/aromatic N) is 4. The van der Waals surface area contributed by atoms with E-state index in [1.165, 1.54) is 35.1 Å². The van der Waals surface area contributed by atoms with Crippen LogP contribution >= 0.6 is 11.3 Å². The van der Waals surface area contributed by atoms with E-state index >= 15 is 4.39 Å². The van der Waals surface area contributed by atoms with Gasteiger partial charge in [0.2, 0.25) is 0 Å². The van der Waals surface area contributed by atoms with Crippen molar-refractivity contribution in [3.8, 4) is 50.7 Å². The summed E-state index contributed by atoms with van der Waals surface area (Å²) >= 11 is 1.37. The van der Waals surface area contributed by atoms with E-state index in [0.717, 1.165) is 71.2 Å². The fourth-order valence-electron chi connectivity index (χ4n) is 10.6. The van der Waals surface area contributed by atoms with E-state index in [4.69, 9.17) is 9.72 Å². The molecule has 3 aromatic heterocycles. The van der Waals surface area contributed by atoms with Crippen molar-refractivity contribution in [3.05, 3.63) is 236 Å². The van der Waals surface area contributed by atoms with Gasteiger partial charge in [-0.3, -0.25) is 0 Å². The normalized spacial score (nSPS) is 13.5. The second-order valence-electron chi connectivity index (χ2n) is 21.6. The summed E-state index contributed by atoms with van der Waals surface area (Å²) in [4.78, 5) is 9.34. The molecule has 0 atom stereocenters. The van der Waals surface area contributed by atoms with Gasteiger partial charge in [0, 0.05) is 96.2 Å². The van der Waals surface area contributed by atoms with Crippen molar-refractivity contribution in [3.63, 3.8) is 0 Å². The molecule has 5 nitrogen and oxygen atoms in total. The van der Waals surface area contributed by atoms with Crippen LogP contribution in [0, 0.1) is 35.9 Å². The third-order valence-electron chi connectivity index (χ3n) is 14.2. The zero-order valence-corrected chi connectivity index (χ0v) is 46.7. The molecule has 12 aromatic rings. The van der Waals surface area contributed by atoms with Crippen LogP contribution in [-0.2, 0) is 32.9 Å². The van der Waals surface area contributed by atoms with Crippen LogP contribution in [0.4, 0.5) is 31.5 Å². The molecule has 1 aliphatic heterocycles. The molecule has 0 saturated carbocycles. The summed E-state index contributed by atoms with van der Waals surface area (Å²) in [6, 6.07) is 67.5. The number of thiophene rings is 1. The zero-order chi connectivity index (χ0) is 55.4. The molecule has 0 unspecified atom stereocenters. The molecule has 78 heavy (non-hydrogen) atoms. The number of benzene rings is 9. The molecule has 0 bridgehead atoms. The van der Waals surface area contributed by atoms with E-state index < -0.39 is 17.6 Å². The third-order valence-corrected chi connectivity index (χ3v) is 15.4. The summed E-state index contributed by atoms with van der Waals surface area (Å²) in [6.45, 7) is 14.4. The van der Waals surface area contributed by atoms with Gasteiger partial charge in [0.1, 0.15) is 17.5 Å². The minimum atomic E-state index is -1.99. The Labute approximate surface area is 476 Å². The van der Waals surface area contributed by atoms with Gasteiger partial charge in [-0.15, -0.1) is 59.4 Å². The predicted molar refractivity (Wildman–Crippen MR) is 315 cm³/mol. The van der Waals surface area contributed by atoms with Gasteiger partial charge in [-0.2, -0.15) is 12.1 Å². The average molecular weight is 1220 g/mol. The van der Waals surface area contributed by atoms with Crippen molar-refractivity contribution < 1.29 is 38.7 Å². The Balaban J connectivity index is 0.00000651. The standard InChI is InChI=1S/C69H53F2N4OS.Pt/c1-68(2,3)40-46-35-63(72-41-57(46)45-27-29-48(70)30-28-45)75-61-34-33-53-52-23-16-24-58(71)66(52)77-67(53)64(61)54-32-31-51(39-62(54)75)76-50-22-15-21-49(38-50)73-42-74(60-26-14-13-25-59(60)73)65-55(43-17-9-7-10-18-43)36-47(69(4,5)6)37-56(65)44-19-11-8-12-20-44;/h7-37,41-42H,40H2,1-6H3;/q-3;/i40D2,41D;. The van der Waals surface area contributed by atoms with E-state index in [1.54, 1.807) is 24.3 Å². The Bertz CT molecular complexity index is 4360. The first kappa shape index (κ1) is 47.3. The predicted octanol–water partition coefficient (Wildman–Crippen LogP) is 19.5. The second-order valence-corrected chi connectivity index (χ2v) is 22.6. The van der Waals surface area contributed by atoms with Crippen molar-refractivity contribution in [2.45, 2.75) is 53.3 Å². The maximum atomic E-state index is 15.6. The van der Waals surface area contributed by atoms with Crippen LogP contribution in [0.15, 0.2) is 194 Å². The summed E-state index contributed by atoms with van der Waals surface area (Å²) in [7, 11) is 0. The molecule has 0 aliphatic carbocycles. The van der Waals surface area contributed by atoms with E-state index in [9.17, 15) is 8.50 Å². The number of hydrogen-bond donors (Lipinski definition) is 0. The van der Waals surface area contributed by atoms with Crippen LogP contribution in [0.3, 0.4) is 0 Å². The summed E-state index contributed by atoms with van der Waals surface area (Å²) < 4.78 is 68.8. The molecule has 13 rings (SSSR count). The number of hydrogen-bond acceptors (Lipinski definition) is 5. The van der Waals surface area contributed by atoms with Crippen LogP contribution in [0.5, 0.6) is 11.5 Å². The molecule has 4 heterocycles. The van der Waals surface area contributed by atoms with E-state index in [0.29, 0.717) is 32.8 Å². The number of anilines is 4. The van der Waals surface area contributed by atoms with E-state index in [-0.39, 0.29) is 55.4 Å². The van der Waals surface area contributed by atoms with Gasteiger partial charge in [0.25, 0.3) is 0 Å². The maximum Gasteiger partial charge on any atom is 0.141 e. The number of fused-ring (bicyclic) bond motifs is 8. The third kappa shape index (κ3) is 9.15. The molecule has 0 fully saturated rings. The van der Waals surface area contributed by atoms with Crippen molar-refractivity contribution in [1.82, 2.24) is 9.55 Å². The molecular weight excluding hydrogens is 1170 g/mol. The first-order valence-corrected chi connectivity index (χ1v) is 26.6. The summed E-state index contributed by atoms with van der Waals surface area (Å²) in [5.74, 6) is 0.343. The molecule has 0 N–H and O–H groups in total. The van der Waals surface area contributed by atoms with Crippen LogP contribution in [-0.4, -0.2) is 9.55 Å². The van der Waals surface area contributed by atoms with Crippen LogP contribution in [0.2, 0.25) is 0 Å². The second kappa shape index (κ2) is 19.8. The molecule has 0 spiro atoms. The molecule has 9 aromatic carbocycles. The molecule has 0 radical (unpaired) electrons. The minimum Gasteiger partial charge on any atom is -0.509 e. The van der Waals surface area contributed by atoms with Gasteiger partial charge in [0.15, 0.2) is 0 Å². The number of ether oxygens (including phenoxy) is 1. The summed E-state index contributed by atoms with van der Waals surface area (Å²) in [5, 5.41) is 3.30. The van der Waals surface area contributed by atoms with Crippen LogP contribution in [0.1, 0.15) is 56.8 Å². The summed E-state index contributed by atoms with van der Waals surface area (Å²) in [5.41, 5.74) is 10.6. The average Bonchev–Trinajstić information content (AvgIpc) is 3.04. The first-order valence-electron chi connectivity index (χ1n) is 27.2. The van der Waals surface area contributed by atoms with Gasteiger partial charge < -0.3 is 19.1 Å². The molecule has 1 aliphatic rings. The smallest absolute Gasteiger partial charge is 0.141 e. The first-order chi connectivity index (χ1) is 38.4. The topological polar surface area (TPSA) is 33.5 Å². The SMILES string of the molecule is [2H]c1nc(-n2c3[c-]c(Oc4[c-]c(N5[CH-]N(c6c(-c7ccccc7)cc(C(C)(C)C)cc6-c6ccccc6)c6ccccc65)ccc4)ccc3c3c4sc5c(F)cccc5c4ccc32)cc(C([2H])([2H])C(C)(C)C)c1-c1ccc(F)cc1.[Pt]. The molecule has 9 heteroatoms. The van der Waals surface area contributed by atoms with E-state index in [1.807, 2.05) is 79.9 Å². The van der Waals surface area contributed by atoms with Crippen LogP contribution in [0.25, 0.3) is 81.2 Å². The fourth-order valence-corrected chi connectivity index (χ4v) is 11.9. The number of para-hydroxylation sites is 2. The maximum absolute atomic E-state index is 15.6. The number of pyridine rings is 1. The quantitative estimate of drug-likeness (QED) is 0.135. The molecule has 0 amide bonds. The van der Waals surface area contributed by atoms with Crippen molar-refractivity contribution in [2.24, 2.45) is 5.41 Å². The van der Waals surface area contributed by atoms with Gasteiger partial charge in [-0.25, -0.2) is 13.8 Å². The number of aromatic nitrogens is 2. The van der Waals surface area contributed by atoms with Gasteiger partial charge >= 0.3 is 0 Å². The van der Waals surface area contributed by atoms with Crippen molar-refractivity contribution >= 4 is 76.1 Å². The number of halogens is 2. The molecular formula is C69H53F2N4OPtS-3. The van der Waals surface area contributed by atoms with Crippen molar-refractivity contribution in [2.75, 3.05) is 9.80 Å². The molecule has 388 valence electrons. The number of rotatable bonds is 9. The summed E-state index contributed by atoms with van der Waals surface area (Å²) in [6.07, 6.45) is -2.17. The Morgan fingerprint density at radius 3 is 1.91 bits per heavy atom. The largest absolute Gasteiger partial charge is 0.509 e. The Morgan fingerprint density at radius 1 is 0.615 bits per heavy atom.